The molecule has 0 radical (unpaired) electrons. The van der Waals surface area contributed by atoms with Crippen LogP contribution in [0.15, 0.2) is 18.2 Å². The molecule has 0 aliphatic carbocycles. The fourth-order valence-corrected chi connectivity index (χ4v) is 1.67. The average molecular weight is 190 g/mol. The van der Waals surface area contributed by atoms with Gasteiger partial charge in [-0.15, -0.1) is 0 Å². The van der Waals surface area contributed by atoms with Crippen molar-refractivity contribution >= 4 is 5.91 Å². The summed E-state index contributed by atoms with van der Waals surface area (Å²) in [5, 5.41) is 5.97. The van der Waals surface area contributed by atoms with E-state index in [1.165, 1.54) is 0 Å². The molecule has 0 saturated heterocycles. The summed E-state index contributed by atoms with van der Waals surface area (Å²) in [5.41, 5.74) is 3.08. The first-order valence-electron chi connectivity index (χ1n) is 4.80. The Balaban J connectivity index is 2.39. The summed E-state index contributed by atoms with van der Waals surface area (Å²) < 4.78 is 0. The lowest BCUT2D eigenvalue weighted by Gasteiger charge is -2.11. The minimum absolute atomic E-state index is 0.0464. The number of benzene rings is 1. The zero-order chi connectivity index (χ0) is 10.1. The summed E-state index contributed by atoms with van der Waals surface area (Å²) in [6.07, 6.45) is 0. The lowest BCUT2D eigenvalue weighted by Crippen LogP contribution is -2.14. The zero-order valence-corrected chi connectivity index (χ0v) is 8.42. The number of amides is 1. The van der Waals surface area contributed by atoms with Crippen LogP contribution < -0.4 is 10.6 Å². The van der Waals surface area contributed by atoms with Crippen LogP contribution >= 0.6 is 0 Å². The van der Waals surface area contributed by atoms with Crippen LogP contribution in [0.5, 0.6) is 0 Å². The molecule has 1 aromatic carbocycles. The highest BCUT2D eigenvalue weighted by atomic mass is 16.1. The van der Waals surface area contributed by atoms with Crippen molar-refractivity contribution in [3.05, 3.63) is 34.9 Å². The van der Waals surface area contributed by atoms with E-state index in [-0.39, 0.29) is 11.9 Å². The fraction of sp³-hybridized carbons (Fsp3) is 0.364. The Morgan fingerprint density at radius 3 is 3.00 bits per heavy atom. The number of carbonyl (C=O) groups excluding carboxylic acids is 1. The molecule has 0 fully saturated rings. The van der Waals surface area contributed by atoms with E-state index in [0.717, 1.165) is 16.7 Å². The highest BCUT2D eigenvalue weighted by Crippen LogP contribution is 2.20. The molecule has 1 aliphatic rings. The van der Waals surface area contributed by atoms with Gasteiger partial charge in [-0.2, -0.15) is 0 Å². The molecule has 0 aromatic heterocycles. The maximum atomic E-state index is 11.4. The smallest absolute Gasteiger partial charge is 0.251 e. The van der Waals surface area contributed by atoms with Crippen molar-refractivity contribution in [2.45, 2.75) is 19.5 Å². The summed E-state index contributed by atoms with van der Waals surface area (Å²) in [5.74, 6) is 0.0464. The third-order valence-corrected chi connectivity index (χ3v) is 2.75. The zero-order valence-electron chi connectivity index (χ0n) is 8.42. The van der Waals surface area contributed by atoms with Crippen molar-refractivity contribution in [2.75, 3.05) is 7.05 Å². The number of rotatable bonds is 2. The van der Waals surface area contributed by atoms with Gasteiger partial charge >= 0.3 is 0 Å². The first-order chi connectivity index (χ1) is 6.72. The number of fused-ring (bicyclic) bond motifs is 1. The van der Waals surface area contributed by atoms with Crippen molar-refractivity contribution in [3.63, 3.8) is 0 Å². The SMILES string of the molecule is CNC(C)c1ccc2c(c1)C(=O)NC2. The Labute approximate surface area is 83.5 Å². The van der Waals surface area contributed by atoms with Crippen molar-refractivity contribution in [3.8, 4) is 0 Å². The molecule has 1 atom stereocenters. The monoisotopic (exact) mass is 190 g/mol. The third kappa shape index (κ3) is 1.40. The van der Waals surface area contributed by atoms with Crippen LogP contribution in [0, 0.1) is 0 Å². The maximum Gasteiger partial charge on any atom is 0.251 e. The van der Waals surface area contributed by atoms with Crippen LogP contribution in [0.4, 0.5) is 0 Å². The number of nitrogens with one attached hydrogen (secondary N) is 2. The third-order valence-electron chi connectivity index (χ3n) is 2.75. The highest BCUT2D eigenvalue weighted by molar-refractivity contribution is 5.98. The van der Waals surface area contributed by atoms with Gasteiger partial charge in [0.1, 0.15) is 0 Å². The van der Waals surface area contributed by atoms with Crippen molar-refractivity contribution in [1.82, 2.24) is 10.6 Å². The summed E-state index contributed by atoms with van der Waals surface area (Å²) in [7, 11) is 1.91. The molecule has 1 aromatic rings. The Morgan fingerprint density at radius 1 is 1.50 bits per heavy atom. The van der Waals surface area contributed by atoms with Crippen molar-refractivity contribution < 1.29 is 4.79 Å². The topological polar surface area (TPSA) is 41.1 Å². The van der Waals surface area contributed by atoms with Crippen LogP contribution in [-0.4, -0.2) is 13.0 Å². The summed E-state index contributed by atoms with van der Waals surface area (Å²) in [4.78, 5) is 11.4. The number of carbonyl (C=O) groups is 1. The fourth-order valence-electron chi connectivity index (χ4n) is 1.67. The van der Waals surface area contributed by atoms with E-state index >= 15 is 0 Å². The molecule has 0 bridgehead atoms. The Morgan fingerprint density at radius 2 is 2.29 bits per heavy atom. The Hall–Kier alpha value is -1.35. The summed E-state index contributed by atoms with van der Waals surface area (Å²) >= 11 is 0. The van der Waals surface area contributed by atoms with Crippen LogP contribution in [-0.2, 0) is 6.54 Å². The van der Waals surface area contributed by atoms with E-state index in [0.29, 0.717) is 6.54 Å². The van der Waals surface area contributed by atoms with Gasteiger partial charge in [0.2, 0.25) is 0 Å². The lowest BCUT2D eigenvalue weighted by atomic mass is 10.0. The molecule has 3 nitrogen and oxygen atoms in total. The molecule has 0 spiro atoms. The molecule has 3 heteroatoms. The summed E-state index contributed by atoms with van der Waals surface area (Å²) in [6.45, 7) is 2.75. The van der Waals surface area contributed by atoms with E-state index in [4.69, 9.17) is 0 Å². The van der Waals surface area contributed by atoms with Crippen LogP contribution in [0.2, 0.25) is 0 Å². The van der Waals surface area contributed by atoms with Crippen LogP contribution in [0.25, 0.3) is 0 Å². The van der Waals surface area contributed by atoms with E-state index in [1.54, 1.807) is 0 Å². The Kier molecular flexibility index (Phi) is 2.25. The van der Waals surface area contributed by atoms with Crippen molar-refractivity contribution in [1.29, 1.82) is 0 Å². The predicted molar refractivity (Wildman–Crippen MR) is 55.1 cm³/mol. The molecule has 2 N–H and O–H groups in total. The highest BCUT2D eigenvalue weighted by Gasteiger charge is 2.19. The van der Waals surface area contributed by atoms with Gasteiger partial charge in [0.15, 0.2) is 0 Å². The number of hydrogen-bond donors (Lipinski definition) is 2. The van der Waals surface area contributed by atoms with Gasteiger partial charge in [-0.3, -0.25) is 4.79 Å². The molecular weight excluding hydrogens is 176 g/mol. The first kappa shape index (κ1) is 9.21. The summed E-state index contributed by atoms with van der Waals surface area (Å²) in [6, 6.07) is 6.35. The quantitative estimate of drug-likeness (QED) is 0.736. The van der Waals surface area contributed by atoms with E-state index < -0.39 is 0 Å². The first-order valence-corrected chi connectivity index (χ1v) is 4.80. The van der Waals surface area contributed by atoms with E-state index in [9.17, 15) is 4.79 Å². The second-order valence-corrected chi connectivity index (χ2v) is 3.61. The second-order valence-electron chi connectivity index (χ2n) is 3.61. The number of hydrogen-bond acceptors (Lipinski definition) is 2. The molecule has 2 rings (SSSR count). The second kappa shape index (κ2) is 3.42. The van der Waals surface area contributed by atoms with Gasteiger partial charge in [-0.25, -0.2) is 0 Å². The lowest BCUT2D eigenvalue weighted by molar-refractivity contribution is 0.0965. The molecule has 14 heavy (non-hydrogen) atoms. The van der Waals surface area contributed by atoms with Gasteiger partial charge in [0, 0.05) is 18.2 Å². The standard InChI is InChI=1S/C11H14N2O/c1-7(12-2)8-3-4-9-6-13-11(14)10(9)5-8/h3-5,7,12H,6H2,1-2H3,(H,13,14). The van der Waals surface area contributed by atoms with E-state index in [1.807, 2.05) is 19.2 Å². The van der Waals surface area contributed by atoms with Gasteiger partial charge in [0.25, 0.3) is 5.91 Å². The molecule has 74 valence electrons. The van der Waals surface area contributed by atoms with Crippen molar-refractivity contribution in [2.24, 2.45) is 0 Å². The normalized spacial score (nSPS) is 16.3. The van der Waals surface area contributed by atoms with Crippen LogP contribution in [0.3, 0.4) is 0 Å². The molecule has 1 heterocycles. The molecule has 0 saturated carbocycles. The molecular formula is C11H14N2O. The largest absolute Gasteiger partial charge is 0.348 e. The minimum Gasteiger partial charge on any atom is -0.348 e. The van der Waals surface area contributed by atoms with E-state index in [2.05, 4.69) is 23.6 Å². The Bertz CT molecular complexity index is 374. The van der Waals surface area contributed by atoms with Gasteiger partial charge in [-0.1, -0.05) is 12.1 Å². The molecule has 1 aliphatic heterocycles. The average Bonchev–Trinajstić information content (AvgIpc) is 2.59. The van der Waals surface area contributed by atoms with Crippen LogP contribution in [0.1, 0.15) is 34.5 Å². The van der Waals surface area contributed by atoms with Gasteiger partial charge < -0.3 is 10.6 Å². The predicted octanol–water partition coefficient (Wildman–Crippen LogP) is 1.21. The van der Waals surface area contributed by atoms with Gasteiger partial charge in [-0.05, 0) is 31.2 Å². The maximum absolute atomic E-state index is 11.4. The molecule has 1 unspecified atom stereocenters. The minimum atomic E-state index is 0.0464. The molecule has 1 amide bonds. The van der Waals surface area contributed by atoms with Gasteiger partial charge in [0.05, 0.1) is 0 Å².